The predicted octanol–water partition coefficient (Wildman–Crippen LogP) is 4.02. The van der Waals surface area contributed by atoms with E-state index in [2.05, 4.69) is 39.3 Å². The fraction of sp³-hybridized carbons (Fsp3) is 0.379. The lowest BCUT2D eigenvalue weighted by Gasteiger charge is -2.32. The molecule has 0 radical (unpaired) electrons. The molecule has 2 aliphatic rings. The zero-order valence-corrected chi connectivity index (χ0v) is 22.1. The molecule has 0 saturated carbocycles. The molecule has 0 amide bonds. The SMILES string of the molecule is CN1CCN(Cc2cccc(Nc3ncc4ccn(-c5cc(F)c(CN6CCOCC6)c(F)c5)c4n3)c2)CC1. The fourth-order valence-electron chi connectivity index (χ4n) is 5.19. The number of anilines is 2. The molecule has 2 aromatic carbocycles. The number of nitrogens with one attached hydrogen (secondary N) is 1. The molecule has 0 atom stereocenters. The van der Waals surface area contributed by atoms with Crippen LogP contribution in [0.3, 0.4) is 0 Å². The molecular weight excluding hydrogens is 500 g/mol. The summed E-state index contributed by atoms with van der Waals surface area (Å²) in [4.78, 5) is 16.0. The molecule has 1 N–H and O–H groups in total. The number of benzene rings is 2. The van der Waals surface area contributed by atoms with E-state index in [0.717, 1.165) is 43.8 Å². The first-order chi connectivity index (χ1) is 19.0. The van der Waals surface area contributed by atoms with Crippen LogP contribution in [0, 0.1) is 11.6 Å². The molecule has 2 fully saturated rings. The summed E-state index contributed by atoms with van der Waals surface area (Å²) in [6, 6.07) is 12.8. The van der Waals surface area contributed by atoms with Crippen molar-refractivity contribution in [1.29, 1.82) is 0 Å². The molecule has 6 rings (SSSR count). The van der Waals surface area contributed by atoms with E-state index in [1.54, 1.807) is 17.0 Å². The van der Waals surface area contributed by atoms with Gasteiger partial charge in [0.2, 0.25) is 5.95 Å². The highest BCUT2D eigenvalue weighted by Gasteiger charge is 2.19. The zero-order valence-electron chi connectivity index (χ0n) is 22.1. The number of likely N-dealkylation sites (N-methyl/N-ethyl adjacent to an activating group) is 1. The Hall–Kier alpha value is -3.44. The van der Waals surface area contributed by atoms with Crippen LogP contribution < -0.4 is 5.32 Å². The van der Waals surface area contributed by atoms with Crippen molar-refractivity contribution in [2.24, 2.45) is 0 Å². The van der Waals surface area contributed by atoms with E-state index in [1.807, 2.05) is 23.1 Å². The van der Waals surface area contributed by atoms with E-state index in [4.69, 9.17) is 9.72 Å². The Labute approximate surface area is 226 Å². The molecule has 2 aromatic heterocycles. The van der Waals surface area contributed by atoms with E-state index in [0.29, 0.717) is 43.6 Å². The smallest absolute Gasteiger partial charge is 0.229 e. The third-order valence-corrected chi connectivity index (χ3v) is 7.50. The standard InChI is InChI=1S/C29H33F2N7O/c1-35-7-9-36(10-8-35)19-21-3-2-4-23(15-21)33-29-32-18-22-5-6-38(28(22)34-29)24-16-26(30)25(27(31)17-24)20-37-11-13-39-14-12-37/h2-6,15-18H,7-14,19-20H2,1H3,(H,32,33,34). The predicted molar refractivity (Wildman–Crippen MR) is 147 cm³/mol. The second-order valence-electron chi connectivity index (χ2n) is 10.3. The number of fused-ring (bicyclic) bond motifs is 1. The van der Waals surface area contributed by atoms with E-state index in [-0.39, 0.29) is 12.1 Å². The van der Waals surface area contributed by atoms with E-state index in [9.17, 15) is 0 Å². The van der Waals surface area contributed by atoms with Gasteiger partial charge >= 0.3 is 0 Å². The topological polar surface area (TPSA) is 61.7 Å². The van der Waals surface area contributed by atoms with Crippen molar-refractivity contribution in [3.8, 4) is 5.69 Å². The van der Waals surface area contributed by atoms with Gasteiger partial charge in [0, 0.05) is 81.4 Å². The lowest BCUT2D eigenvalue weighted by atomic mass is 10.1. The number of ether oxygens (including phenoxy) is 1. The van der Waals surface area contributed by atoms with Gasteiger partial charge in [-0.1, -0.05) is 12.1 Å². The molecule has 0 unspecified atom stereocenters. The summed E-state index contributed by atoms with van der Waals surface area (Å²) in [6.07, 6.45) is 3.48. The van der Waals surface area contributed by atoms with Crippen molar-refractivity contribution in [2.45, 2.75) is 13.1 Å². The van der Waals surface area contributed by atoms with Gasteiger partial charge in [-0.25, -0.2) is 13.8 Å². The number of rotatable bonds is 7. The first-order valence-corrected chi connectivity index (χ1v) is 13.4. The van der Waals surface area contributed by atoms with Crippen molar-refractivity contribution in [1.82, 2.24) is 29.2 Å². The zero-order chi connectivity index (χ0) is 26.8. The van der Waals surface area contributed by atoms with Crippen LogP contribution >= 0.6 is 0 Å². The Morgan fingerprint density at radius 2 is 1.64 bits per heavy atom. The summed E-state index contributed by atoms with van der Waals surface area (Å²) >= 11 is 0. The van der Waals surface area contributed by atoms with Crippen LogP contribution in [0.15, 0.2) is 54.9 Å². The van der Waals surface area contributed by atoms with E-state index < -0.39 is 11.6 Å². The highest BCUT2D eigenvalue weighted by atomic mass is 19.1. The molecule has 4 aromatic rings. The van der Waals surface area contributed by atoms with Crippen molar-refractivity contribution >= 4 is 22.7 Å². The maximum absolute atomic E-state index is 15.1. The molecule has 39 heavy (non-hydrogen) atoms. The van der Waals surface area contributed by atoms with Gasteiger partial charge in [-0.05, 0) is 42.9 Å². The normalized spacial score (nSPS) is 17.6. The molecule has 2 saturated heterocycles. The second-order valence-corrected chi connectivity index (χ2v) is 10.3. The van der Waals surface area contributed by atoms with Crippen LogP contribution in [0.25, 0.3) is 16.7 Å². The molecule has 8 nitrogen and oxygen atoms in total. The van der Waals surface area contributed by atoms with Crippen LogP contribution in [0.2, 0.25) is 0 Å². The summed E-state index contributed by atoms with van der Waals surface area (Å²) in [5.41, 5.74) is 3.14. The molecule has 10 heteroatoms. The van der Waals surface area contributed by atoms with Crippen molar-refractivity contribution in [3.05, 3.63) is 77.6 Å². The Morgan fingerprint density at radius 1 is 0.897 bits per heavy atom. The Bertz CT molecular complexity index is 1420. The number of aromatic nitrogens is 3. The molecular formula is C29H33F2N7O. The van der Waals surface area contributed by atoms with Gasteiger partial charge in [-0.15, -0.1) is 0 Å². The molecule has 204 valence electrons. The first-order valence-electron chi connectivity index (χ1n) is 13.4. The van der Waals surface area contributed by atoms with Gasteiger partial charge in [-0.2, -0.15) is 4.98 Å². The average molecular weight is 534 g/mol. The van der Waals surface area contributed by atoms with Crippen molar-refractivity contribution in [2.75, 3.05) is 64.8 Å². The van der Waals surface area contributed by atoms with Gasteiger partial charge < -0.3 is 19.5 Å². The third kappa shape index (κ3) is 5.94. The number of nitrogens with zero attached hydrogens (tertiary/aromatic N) is 6. The second kappa shape index (κ2) is 11.4. The Morgan fingerprint density at radius 3 is 2.41 bits per heavy atom. The number of hydrogen-bond donors (Lipinski definition) is 1. The van der Waals surface area contributed by atoms with Gasteiger partial charge in [0.25, 0.3) is 0 Å². The van der Waals surface area contributed by atoms with Crippen LogP contribution in [0.5, 0.6) is 0 Å². The van der Waals surface area contributed by atoms with Gasteiger partial charge in [-0.3, -0.25) is 9.80 Å². The Balaban J connectivity index is 1.21. The number of halogens is 2. The molecule has 2 aliphatic heterocycles. The minimum atomic E-state index is -0.567. The number of piperazine rings is 1. The molecule has 0 aliphatic carbocycles. The van der Waals surface area contributed by atoms with Crippen LogP contribution in [-0.4, -0.2) is 88.8 Å². The maximum Gasteiger partial charge on any atom is 0.229 e. The third-order valence-electron chi connectivity index (χ3n) is 7.50. The summed E-state index contributed by atoms with van der Waals surface area (Å²) in [5.74, 6) is -0.713. The van der Waals surface area contributed by atoms with Crippen LogP contribution in [0.1, 0.15) is 11.1 Å². The van der Waals surface area contributed by atoms with Crippen molar-refractivity contribution < 1.29 is 13.5 Å². The summed E-state index contributed by atoms with van der Waals surface area (Å²) < 4.78 is 37.2. The molecule has 4 heterocycles. The number of morpholine rings is 1. The molecule has 0 bridgehead atoms. The highest BCUT2D eigenvalue weighted by molar-refractivity contribution is 5.78. The van der Waals surface area contributed by atoms with Gasteiger partial charge in [0.05, 0.1) is 18.9 Å². The largest absolute Gasteiger partial charge is 0.379 e. The average Bonchev–Trinajstić information content (AvgIpc) is 3.36. The summed E-state index contributed by atoms with van der Waals surface area (Å²) in [5, 5.41) is 4.08. The van der Waals surface area contributed by atoms with Crippen LogP contribution in [-0.2, 0) is 17.8 Å². The summed E-state index contributed by atoms with van der Waals surface area (Å²) in [6.45, 7) is 7.86. The quantitative estimate of drug-likeness (QED) is 0.385. The maximum atomic E-state index is 15.1. The first kappa shape index (κ1) is 25.8. The number of hydrogen-bond acceptors (Lipinski definition) is 7. The fourth-order valence-corrected chi connectivity index (χ4v) is 5.19. The van der Waals surface area contributed by atoms with Gasteiger partial charge in [0.1, 0.15) is 17.3 Å². The minimum absolute atomic E-state index is 0.0746. The molecule has 0 spiro atoms. The van der Waals surface area contributed by atoms with Crippen LogP contribution in [0.4, 0.5) is 20.4 Å². The highest BCUT2D eigenvalue weighted by Crippen LogP contribution is 2.25. The minimum Gasteiger partial charge on any atom is -0.379 e. The van der Waals surface area contributed by atoms with Gasteiger partial charge in [0.15, 0.2) is 0 Å². The monoisotopic (exact) mass is 533 g/mol. The van der Waals surface area contributed by atoms with Crippen molar-refractivity contribution in [3.63, 3.8) is 0 Å². The lowest BCUT2D eigenvalue weighted by Crippen LogP contribution is -2.43. The Kier molecular flexibility index (Phi) is 7.51. The van der Waals surface area contributed by atoms with E-state index in [1.165, 1.54) is 17.7 Å². The lowest BCUT2D eigenvalue weighted by molar-refractivity contribution is 0.0332. The van der Waals surface area contributed by atoms with E-state index >= 15 is 8.78 Å². The summed E-state index contributed by atoms with van der Waals surface area (Å²) in [7, 11) is 2.16.